The van der Waals surface area contributed by atoms with Crippen molar-refractivity contribution in [2.45, 2.75) is 51.0 Å². The maximum Gasteiger partial charge on any atom is 0.269 e. The van der Waals surface area contributed by atoms with Crippen LogP contribution in [0.25, 0.3) is 0 Å². The van der Waals surface area contributed by atoms with Crippen LogP contribution in [0, 0.1) is 0 Å². The molecule has 0 radical (unpaired) electrons. The highest BCUT2D eigenvalue weighted by molar-refractivity contribution is 5.76. The number of rotatable bonds is 4. The minimum atomic E-state index is -0.209. The van der Waals surface area contributed by atoms with Crippen LogP contribution in [0.5, 0.6) is 0 Å². The molecule has 88 valence electrons. The molecule has 0 bridgehead atoms. The maximum atomic E-state index is 11.1. The Morgan fingerprint density at radius 1 is 1.20 bits per heavy atom. The van der Waals surface area contributed by atoms with Gasteiger partial charge in [-0.15, -0.1) is 0 Å². The molecule has 0 aliphatic heterocycles. The third-order valence-electron chi connectivity index (χ3n) is 2.72. The Bertz CT molecular complexity index is 177. The number of carbonyl (C=O) groups is 1. The number of hydrogen-bond acceptors (Lipinski definition) is 3. The van der Waals surface area contributed by atoms with Crippen molar-refractivity contribution < 1.29 is 14.4 Å². The van der Waals surface area contributed by atoms with E-state index in [1.54, 1.807) is 0 Å². The summed E-state index contributed by atoms with van der Waals surface area (Å²) in [5.74, 6) is -0.209. The Morgan fingerprint density at radius 3 is 2.40 bits per heavy atom. The van der Waals surface area contributed by atoms with Crippen molar-refractivity contribution in [3.8, 4) is 0 Å². The lowest BCUT2D eigenvalue weighted by Gasteiger charge is -2.19. The molecule has 0 aromatic heterocycles. The fraction of sp³-hybridized carbons (Fsp3) is 0.909. The fourth-order valence-electron chi connectivity index (χ4n) is 1.92. The van der Waals surface area contributed by atoms with Crippen LogP contribution in [0.1, 0.15) is 44.9 Å². The lowest BCUT2D eigenvalue weighted by atomic mass is 9.99. The quantitative estimate of drug-likeness (QED) is 0.727. The van der Waals surface area contributed by atoms with Crippen LogP contribution < -0.4 is 5.48 Å². The SMILES string of the molecule is CONC(=O)COC1CCCCCCC1. The largest absolute Gasteiger partial charge is 0.368 e. The average molecular weight is 215 g/mol. The highest BCUT2D eigenvalue weighted by Gasteiger charge is 2.13. The zero-order valence-electron chi connectivity index (χ0n) is 9.46. The molecule has 1 amide bonds. The summed E-state index contributed by atoms with van der Waals surface area (Å²) in [5, 5.41) is 0. The normalized spacial score (nSPS) is 19.3. The molecule has 1 rings (SSSR count). The minimum absolute atomic E-state index is 0.110. The highest BCUT2D eigenvalue weighted by atomic mass is 16.6. The molecule has 1 saturated carbocycles. The van der Waals surface area contributed by atoms with E-state index in [1.165, 1.54) is 39.2 Å². The minimum Gasteiger partial charge on any atom is -0.368 e. The predicted molar refractivity (Wildman–Crippen MR) is 57.2 cm³/mol. The second-order valence-electron chi connectivity index (χ2n) is 4.01. The van der Waals surface area contributed by atoms with Crippen molar-refractivity contribution in [3.63, 3.8) is 0 Å². The molecule has 1 N–H and O–H groups in total. The van der Waals surface area contributed by atoms with E-state index < -0.39 is 0 Å². The Kier molecular flexibility index (Phi) is 6.36. The van der Waals surface area contributed by atoms with Crippen LogP contribution >= 0.6 is 0 Å². The van der Waals surface area contributed by atoms with E-state index >= 15 is 0 Å². The van der Waals surface area contributed by atoms with E-state index in [-0.39, 0.29) is 18.6 Å². The molecule has 0 unspecified atom stereocenters. The molecular weight excluding hydrogens is 194 g/mol. The summed E-state index contributed by atoms with van der Waals surface area (Å²) in [6.45, 7) is 0.110. The third kappa shape index (κ3) is 5.74. The van der Waals surface area contributed by atoms with Gasteiger partial charge in [-0.05, 0) is 12.8 Å². The molecule has 0 aromatic rings. The lowest BCUT2D eigenvalue weighted by molar-refractivity contribution is -0.138. The number of hydroxylamine groups is 1. The molecule has 0 atom stereocenters. The monoisotopic (exact) mass is 215 g/mol. The summed E-state index contributed by atoms with van der Waals surface area (Å²) < 4.78 is 5.54. The Labute approximate surface area is 91.3 Å². The summed E-state index contributed by atoms with van der Waals surface area (Å²) in [6.07, 6.45) is 8.80. The van der Waals surface area contributed by atoms with Gasteiger partial charge in [-0.3, -0.25) is 9.63 Å². The van der Waals surface area contributed by atoms with Crippen molar-refractivity contribution in [1.82, 2.24) is 5.48 Å². The van der Waals surface area contributed by atoms with Crippen LogP contribution in [-0.4, -0.2) is 25.7 Å². The van der Waals surface area contributed by atoms with Crippen LogP contribution in [0.2, 0.25) is 0 Å². The Morgan fingerprint density at radius 2 is 1.80 bits per heavy atom. The van der Waals surface area contributed by atoms with Crippen molar-refractivity contribution >= 4 is 5.91 Å². The molecule has 1 aliphatic rings. The third-order valence-corrected chi connectivity index (χ3v) is 2.72. The molecule has 15 heavy (non-hydrogen) atoms. The van der Waals surface area contributed by atoms with Gasteiger partial charge in [0.15, 0.2) is 0 Å². The maximum absolute atomic E-state index is 11.1. The summed E-state index contributed by atoms with van der Waals surface area (Å²) in [6, 6.07) is 0. The molecule has 0 saturated heterocycles. The lowest BCUT2D eigenvalue weighted by Crippen LogP contribution is -2.29. The molecule has 1 aliphatic carbocycles. The smallest absolute Gasteiger partial charge is 0.269 e. The first kappa shape index (κ1) is 12.5. The zero-order valence-corrected chi connectivity index (χ0v) is 9.46. The van der Waals surface area contributed by atoms with Gasteiger partial charge >= 0.3 is 0 Å². The van der Waals surface area contributed by atoms with Crippen molar-refractivity contribution in [1.29, 1.82) is 0 Å². The van der Waals surface area contributed by atoms with Crippen molar-refractivity contribution in [2.75, 3.05) is 13.7 Å². The highest BCUT2D eigenvalue weighted by Crippen LogP contribution is 2.19. The standard InChI is InChI=1S/C11H21NO3/c1-14-12-11(13)9-15-10-7-5-3-2-4-6-8-10/h10H,2-9H2,1H3,(H,12,13). The van der Waals surface area contributed by atoms with E-state index in [1.807, 2.05) is 0 Å². The Balaban J connectivity index is 2.14. The second kappa shape index (κ2) is 7.65. The van der Waals surface area contributed by atoms with Gasteiger partial charge in [-0.1, -0.05) is 32.1 Å². The fourth-order valence-corrected chi connectivity index (χ4v) is 1.92. The molecule has 0 heterocycles. The zero-order chi connectivity index (χ0) is 10.9. The Hall–Kier alpha value is -0.610. The molecular formula is C11H21NO3. The van der Waals surface area contributed by atoms with Crippen LogP contribution in [0.4, 0.5) is 0 Å². The number of hydrogen-bond donors (Lipinski definition) is 1. The first-order valence-corrected chi connectivity index (χ1v) is 5.76. The van der Waals surface area contributed by atoms with E-state index in [9.17, 15) is 4.79 Å². The number of amides is 1. The number of ether oxygens (including phenoxy) is 1. The molecule has 0 spiro atoms. The molecule has 1 fully saturated rings. The topological polar surface area (TPSA) is 47.6 Å². The molecule has 4 nitrogen and oxygen atoms in total. The van der Waals surface area contributed by atoms with E-state index in [2.05, 4.69) is 10.3 Å². The van der Waals surface area contributed by atoms with Gasteiger partial charge in [-0.25, -0.2) is 5.48 Å². The van der Waals surface area contributed by atoms with Crippen molar-refractivity contribution in [3.05, 3.63) is 0 Å². The summed E-state index contributed by atoms with van der Waals surface area (Å²) >= 11 is 0. The van der Waals surface area contributed by atoms with Gasteiger partial charge < -0.3 is 4.74 Å². The number of nitrogens with one attached hydrogen (secondary N) is 1. The summed E-state index contributed by atoms with van der Waals surface area (Å²) in [4.78, 5) is 15.6. The average Bonchev–Trinajstić information content (AvgIpc) is 2.16. The van der Waals surface area contributed by atoms with Gasteiger partial charge in [0, 0.05) is 0 Å². The van der Waals surface area contributed by atoms with E-state index in [0.717, 1.165) is 12.8 Å². The van der Waals surface area contributed by atoms with Gasteiger partial charge in [0.1, 0.15) is 6.61 Å². The van der Waals surface area contributed by atoms with Gasteiger partial charge in [0.25, 0.3) is 5.91 Å². The summed E-state index contributed by atoms with van der Waals surface area (Å²) in [7, 11) is 1.42. The first-order valence-electron chi connectivity index (χ1n) is 5.76. The van der Waals surface area contributed by atoms with Crippen molar-refractivity contribution in [2.24, 2.45) is 0 Å². The van der Waals surface area contributed by atoms with Crippen LogP contribution in [0.3, 0.4) is 0 Å². The van der Waals surface area contributed by atoms with Crippen LogP contribution in [0.15, 0.2) is 0 Å². The predicted octanol–water partition coefficient (Wildman–Crippen LogP) is 1.79. The van der Waals surface area contributed by atoms with E-state index in [4.69, 9.17) is 4.74 Å². The van der Waals surface area contributed by atoms with E-state index in [0.29, 0.717) is 0 Å². The van der Waals surface area contributed by atoms with Crippen LogP contribution in [-0.2, 0) is 14.4 Å². The second-order valence-corrected chi connectivity index (χ2v) is 4.01. The summed E-state index contributed by atoms with van der Waals surface area (Å²) in [5.41, 5.74) is 2.25. The van der Waals surface area contributed by atoms with Gasteiger partial charge in [0.2, 0.25) is 0 Å². The molecule has 4 heteroatoms. The van der Waals surface area contributed by atoms with Gasteiger partial charge in [-0.2, -0.15) is 0 Å². The first-order chi connectivity index (χ1) is 7.33. The van der Waals surface area contributed by atoms with Gasteiger partial charge in [0.05, 0.1) is 13.2 Å². The molecule has 0 aromatic carbocycles. The number of carbonyl (C=O) groups excluding carboxylic acids is 1.